The van der Waals surface area contributed by atoms with Crippen molar-refractivity contribution in [1.29, 1.82) is 0 Å². The fourth-order valence-corrected chi connectivity index (χ4v) is 2.89. The number of amides is 3. The number of carbonyl (C=O) groups is 3. The summed E-state index contributed by atoms with van der Waals surface area (Å²) in [6, 6.07) is 0.257. The summed E-state index contributed by atoms with van der Waals surface area (Å²) in [7, 11) is 1.75. The minimum absolute atomic E-state index is 0.00405. The molecule has 136 valence electrons. The number of hydrogen-bond donors (Lipinski definition) is 2. The molecule has 0 aromatic carbocycles. The Bertz CT molecular complexity index is 494. The minimum Gasteiger partial charge on any atom is -0.353 e. The smallest absolute Gasteiger partial charge is 0.225 e. The molecule has 1 saturated carbocycles. The Morgan fingerprint density at radius 3 is 2.29 bits per heavy atom. The van der Waals surface area contributed by atoms with Crippen molar-refractivity contribution in [2.24, 2.45) is 11.3 Å². The monoisotopic (exact) mass is 337 g/mol. The molecule has 0 aromatic rings. The largest absolute Gasteiger partial charge is 0.353 e. The van der Waals surface area contributed by atoms with Crippen molar-refractivity contribution >= 4 is 17.7 Å². The SMILES string of the molecule is CN1C[C@H](NC(=O)C(C)(C)C)CCC[C@@H](C(=O)NC2CC2)CC1=O. The summed E-state index contributed by atoms with van der Waals surface area (Å²) in [4.78, 5) is 38.6. The summed E-state index contributed by atoms with van der Waals surface area (Å²) in [5.74, 6) is -0.271. The second-order valence-electron chi connectivity index (χ2n) is 8.31. The van der Waals surface area contributed by atoms with E-state index in [1.165, 1.54) is 0 Å². The van der Waals surface area contributed by atoms with E-state index in [0.29, 0.717) is 19.0 Å². The van der Waals surface area contributed by atoms with Crippen LogP contribution in [0.2, 0.25) is 0 Å². The molecule has 0 aromatic heterocycles. The zero-order chi connectivity index (χ0) is 17.9. The molecule has 0 unspecified atom stereocenters. The van der Waals surface area contributed by atoms with E-state index in [2.05, 4.69) is 10.6 Å². The zero-order valence-electron chi connectivity index (χ0n) is 15.4. The van der Waals surface area contributed by atoms with Gasteiger partial charge in [0.1, 0.15) is 0 Å². The molecular formula is C18H31N3O3. The molecule has 1 heterocycles. The Hall–Kier alpha value is -1.59. The van der Waals surface area contributed by atoms with Gasteiger partial charge in [0.05, 0.1) is 0 Å². The lowest BCUT2D eigenvalue weighted by Gasteiger charge is -2.27. The van der Waals surface area contributed by atoms with Crippen LogP contribution in [-0.4, -0.2) is 48.3 Å². The molecule has 2 N–H and O–H groups in total. The van der Waals surface area contributed by atoms with Crippen LogP contribution in [0.15, 0.2) is 0 Å². The molecule has 6 heteroatoms. The van der Waals surface area contributed by atoms with Crippen LogP contribution in [0.1, 0.15) is 59.3 Å². The van der Waals surface area contributed by atoms with E-state index < -0.39 is 5.41 Å². The number of rotatable bonds is 3. The first-order chi connectivity index (χ1) is 11.2. The van der Waals surface area contributed by atoms with Crippen molar-refractivity contribution in [3.05, 3.63) is 0 Å². The normalized spacial score (nSPS) is 26.2. The van der Waals surface area contributed by atoms with E-state index in [1.807, 2.05) is 20.8 Å². The molecule has 2 aliphatic rings. The van der Waals surface area contributed by atoms with Gasteiger partial charge in [0.2, 0.25) is 17.7 Å². The van der Waals surface area contributed by atoms with Crippen LogP contribution >= 0.6 is 0 Å². The van der Waals surface area contributed by atoms with Crippen molar-refractivity contribution in [1.82, 2.24) is 15.5 Å². The summed E-state index contributed by atoms with van der Waals surface area (Å²) in [5, 5.41) is 6.07. The molecule has 1 aliphatic heterocycles. The van der Waals surface area contributed by atoms with Gasteiger partial charge in [-0.15, -0.1) is 0 Å². The summed E-state index contributed by atoms with van der Waals surface area (Å²) in [5.41, 5.74) is -0.451. The number of nitrogens with one attached hydrogen (secondary N) is 2. The maximum absolute atomic E-state index is 12.4. The third-order valence-corrected chi connectivity index (χ3v) is 4.76. The first-order valence-corrected chi connectivity index (χ1v) is 9.02. The van der Waals surface area contributed by atoms with Crippen LogP contribution in [0, 0.1) is 11.3 Å². The molecular weight excluding hydrogens is 306 g/mol. The van der Waals surface area contributed by atoms with Gasteiger partial charge in [-0.2, -0.15) is 0 Å². The maximum Gasteiger partial charge on any atom is 0.225 e. The van der Waals surface area contributed by atoms with Gasteiger partial charge in [0, 0.05) is 43.4 Å². The molecule has 0 radical (unpaired) electrons. The fourth-order valence-electron chi connectivity index (χ4n) is 2.89. The second-order valence-corrected chi connectivity index (χ2v) is 8.31. The molecule has 3 amide bonds. The molecule has 0 spiro atoms. The van der Waals surface area contributed by atoms with Crippen LogP contribution in [0.3, 0.4) is 0 Å². The summed E-state index contributed by atoms with van der Waals surface area (Å²) in [6.45, 7) is 6.14. The van der Waals surface area contributed by atoms with Crippen LogP contribution in [-0.2, 0) is 14.4 Å². The number of carbonyl (C=O) groups excluding carboxylic acids is 3. The Kier molecular flexibility index (Phi) is 5.88. The van der Waals surface area contributed by atoms with Crippen LogP contribution in [0.25, 0.3) is 0 Å². The lowest BCUT2D eigenvalue weighted by molar-refractivity contribution is -0.136. The Balaban J connectivity index is 1.97. The molecule has 2 fully saturated rings. The van der Waals surface area contributed by atoms with Crippen LogP contribution < -0.4 is 10.6 Å². The van der Waals surface area contributed by atoms with Gasteiger partial charge >= 0.3 is 0 Å². The molecule has 2 rings (SSSR count). The molecule has 6 nitrogen and oxygen atoms in total. The van der Waals surface area contributed by atoms with Gasteiger partial charge < -0.3 is 15.5 Å². The number of nitrogens with zero attached hydrogens (tertiary/aromatic N) is 1. The maximum atomic E-state index is 12.4. The Morgan fingerprint density at radius 1 is 1.04 bits per heavy atom. The fraction of sp³-hybridized carbons (Fsp3) is 0.833. The van der Waals surface area contributed by atoms with Crippen molar-refractivity contribution in [3.8, 4) is 0 Å². The highest BCUT2D eigenvalue weighted by Gasteiger charge is 2.32. The third-order valence-electron chi connectivity index (χ3n) is 4.76. The van der Waals surface area contributed by atoms with E-state index in [4.69, 9.17) is 0 Å². The van der Waals surface area contributed by atoms with E-state index in [0.717, 1.165) is 25.7 Å². The third kappa shape index (κ3) is 5.49. The van der Waals surface area contributed by atoms with Crippen molar-refractivity contribution in [2.75, 3.05) is 13.6 Å². The lowest BCUT2D eigenvalue weighted by Crippen LogP contribution is -2.47. The standard InChI is InChI=1S/C18H31N3O3/c1-18(2,3)17(24)20-14-7-5-6-12(10-15(22)21(4)11-14)16(23)19-13-8-9-13/h12-14H,5-11H2,1-4H3,(H,19,23)(H,20,24)/t12-,14-/m1/s1. The quantitative estimate of drug-likeness (QED) is 0.818. The molecule has 2 atom stereocenters. The summed E-state index contributed by atoms with van der Waals surface area (Å²) < 4.78 is 0. The second kappa shape index (κ2) is 7.53. The van der Waals surface area contributed by atoms with E-state index in [-0.39, 0.29) is 36.1 Å². The number of hydrogen-bond acceptors (Lipinski definition) is 3. The predicted molar refractivity (Wildman–Crippen MR) is 92.1 cm³/mol. The van der Waals surface area contributed by atoms with Gasteiger partial charge in [0.25, 0.3) is 0 Å². The summed E-state index contributed by atoms with van der Waals surface area (Å²) in [6.07, 6.45) is 4.67. The first-order valence-electron chi connectivity index (χ1n) is 9.02. The van der Waals surface area contributed by atoms with Gasteiger partial charge in [-0.3, -0.25) is 14.4 Å². The Labute approximate surface area is 144 Å². The Morgan fingerprint density at radius 2 is 1.71 bits per heavy atom. The highest BCUT2D eigenvalue weighted by molar-refractivity contribution is 5.86. The highest BCUT2D eigenvalue weighted by Crippen LogP contribution is 2.23. The average Bonchev–Trinajstić information content (AvgIpc) is 3.27. The minimum atomic E-state index is -0.451. The van der Waals surface area contributed by atoms with Crippen molar-refractivity contribution < 1.29 is 14.4 Å². The van der Waals surface area contributed by atoms with E-state index >= 15 is 0 Å². The van der Waals surface area contributed by atoms with Gasteiger partial charge in [-0.25, -0.2) is 0 Å². The van der Waals surface area contributed by atoms with Gasteiger partial charge in [-0.1, -0.05) is 27.2 Å². The van der Waals surface area contributed by atoms with Crippen LogP contribution in [0.4, 0.5) is 0 Å². The van der Waals surface area contributed by atoms with Gasteiger partial charge in [-0.05, 0) is 25.7 Å². The molecule has 1 saturated heterocycles. The molecule has 1 aliphatic carbocycles. The molecule has 24 heavy (non-hydrogen) atoms. The van der Waals surface area contributed by atoms with Crippen molar-refractivity contribution in [2.45, 2.75) is 71.4 Å². The van der Waals surface area contributed by atoms with Crippen LogP contribution in [0.5, 0.6) is 0 Å². The lowest BCUT2D eigenvalue weighted by atomic mass is 9.94. The number of likely N-dealkylation sites (N-methyl/N-ethyl adjacent to an activating group) is 1. The zero-order valence-corrected chi connectivity index (χ0v) is 15.4. The van der Waals surface area contributed by atoms with E-state index in [1.54, 1.807) is 11.9 Å². The first kappa shape index (κ1) is 18.7. The van der Waals surface area contributed by atoms with E-state index in [9.17, 15) is 14.4 Å². The summed E-state index contributed by atoms with van der Waals surface area (Å²) >= 11 is 0. The highest BCUT2D eigenvalue weighted by atomic mass is 16.2. The molecule has 0 bridgehead atoms. The topological polar surface area (TPSA) is 78.5 Å². The average molecular weight is 337 g/mol. The predicted octanol–water partition coefficient (Wildman–Crippen LogP) is 1.44. The van der Waals surface area contributed by atoms with Crippen molar-refractivity contribution in [3.63, 3.8) is 0 Å². The van der Waals surface area contributed by atoms with Gasteiger partial charge in [0.15, 0.2) is 0 Å².